The van der Waals surface area contributed by atoms with E-state index in [1.807, 2.05) is 60.0 Å². The van der Waals surface area contributed by atoms with Crippen molar-refractivity contribution in [3.63, 3.8) is 0 Å². The molecule has 0 unspecified atom stereocenters. The van der Waals surface area contributed by atoms with Gasteiger partial charge in [0.25, 0.3) is 5.91 Å². The number of rotatable bonds is 5. The first-order chi connectivity index (χ1) is 16.0. The number of amides is 2. The maximum absolute atomic E-state index is 13.5. The van der Waals surface area contributed by atoms with E-state index in [0.717, 1.165) is 41.3 Å². The summed E-state index contributed by atoms with van der Waals surface area (Å²) in [5, 5.41) is 5.99. The minimum Gasteiger partial charge on any atom is -0.488 e. The summed E-state index contributed by atoms with van der Waals surface area (Å²) in [5.74, 6) is 1.64. The fourth-order valence-corrected chi connectivity index (χ4v) is 4.58. The smallest absolute Gasteiger partial charge is 0.257 e. The van der Waals surface area contributed by atoms with Crippen molar-refractivity contribution in [2.45, 2.75) is 39.7 Å². The first-order valence-corrected chi connectivity index (χ1v) is 11.7. The number of aryl methyl sites for hydroxylation is 2. The van der Waals surface area contributed by atoms with E-state index in [1.165, 1.54) is 0 Å². The normalized spacial score (nSPS) is 16.7. The van der Waals surface area contributed by atoms with Crippen LogP contribution in [0.15, 0.2) is 40.9 Å². The first kappa shape index (κ1) is 21.5. The Morgan fingerprint density at radius 1 is 1.03 bits per heavy atom. The van der Waals surface area contributed by atoms with Crippen LogP contribution in [0.2, 0.25) is 0 Å². The number of hydrogen-bond donors (Lipinski definition) is 0. The summed E-state index contributed by atoms with van der Waals surface area (Å²) in [6, 6.07) is 11.8. The van der Waals surface area contributed by atoms with E-state index in [4.69, 9.17) is 9.26 Å². The second kappa shape index (κ2) is 8.89. The number of ether oxygens (including phenoxy) is 1. The van der Waals surface area contributed by atoms with E-state index in [-0.39, 0.29) is 24.3 Å². The van der Waals surface area contributed by atoms with Crippen molar-refractivity contribution in [1.29, 1.82) is 0 Å². The van der Waals surface area contributed by atoms with E-state index < -0.39 is 0 Å². The summed E-state index contributed by atoms with van der Waals surface area (Å²) in [6.45, 7) is 6.26. The molecule has 7 heteroatoms. The fraction of sp³-hybridized carbons (Fsp3) is 0.423. The number of piperazine rings is 1. The lowest BCUT2D eigenvalue weighted by Crippen LogP contribution is -2.52. The van der Waals surface area contributed by atoms with E-state index in [1.54, 1.807) is 0 Å². The lowest BCUT2D eigenvalue weighted by Gasteiger charge is -2.38. The van der Waals surface area contributed by atoms with Gasteiger partial charge >= 0.3 is 0 Å². The molecule has 0 radical (unpaired) electrons. The van der Waals surface area contributed by atoms with Gasteiger partial charge in [-0.2, -0.15) is 0 Å². The monoisotopic (exact) mass is 447 g/mol. The molecular formula is C26H29N3O4. The van der Waals surface area contributed by atoms with Crippen LogP contribution in [0, 0.1) is 19.8 Å². The number of benzene rings is 2. The Morgan fingerprint density at radius 3 is 2.30 bits per heavy atom. The van der Waals surface area contributed by atoms with E-state index in [2.05, 4.69) is 5.16 Å². The van der Waals surface area contributed by atoms with Gasteiger partial charge in [0.1, 0.15) is 18.1 Å². The average Bonchev–Trinajstić information content (AvgIpc) is 3.12. The van der Waals surface area contributed by atoms with Crippen LogP contribution in [0.5, 0.6) is 5.75 Å². The van der Waals surface area contributed by atoms with Crippen LogP contribution in [0.4, 0.5) is 0 Å². The number of carbonyl (C=O) groups excluding carboxylic acids is 2. The molecule has 0 atom stereocenters. The Hall–Kier alpha value is -3.35. The van der Waals surface area contributed by atoms with Gasteiger partial charge in [0.15, 0.2) is 0 Å². The van der Waals surface area contributed by atoms with Gasteiger partial charge in [-0.15, -0.1) is 0 Å². The number of nitrogens with zero attached hydrogens (tertiary/aromatic N) is 3. The third kappa shape index (κ3) is 4.19. The van der Waals surface area contributed by atoms with Crippen LogP contribution in [0.25, 0.3) is 10.8 Å². The zero-order chi connectivity index (χ0) is 22.9. The highest BCUT2D eigenvalue weighted by Gasteiger charge is 2.32. The molecule has 0 bridgehead atoms. The Labute approximate surface area is 193 Å². The molecule has 2 fully saturated rings. The van der Waals surface area contributed by atoms with Gasteiger partial charge in [-0.05, 0) is 49.6 Å². The van der Waals surface area contributed by atoms with Crippen molar-refractivity contribution in [3.05, 3.63) is 59.0 Å². The second-order valence-corrected chi connectivity index (χ2v) is 9.03. The third-order valence-corrected chi connectivity index (χ3v) is 6.96. The van der Waals surface area contributed by atoms with Crippen LogP contribution in [-0.2, 0) is 11.4 Å². The van der Waals surface area contributed by atoms with Crippen LogP contribution in [0.1, 0.15) is 46.6 Å². The minimum atomic E-state index is -0.0646. The highest BCUT2D eigenvalue weighted by molar-refractivity contribution is 6.01. The SMILES string of the molecule is Cc1noc(C)c1COc1cc2ccccc2cc1C(=O)N1CCN(C(=O)C2CCC2)CC1. The predicted octanol–water partition coefficient (Wildman–Crippen LogP) is 4.11. The van der Waals surface area contributed by atoms with E-state index in [9.17, 15) is 9.59 Å². The maximum atomic E-state index is 13.5. The Bertz CT molecular complexity index is 1170. The molecule has 1 saturated carbocycles. The van der Waals surface area contributed by atoms with E-state index in [0.29, 0.717) is 43.3 Å². The van der Waals surface area contributed by atoms with Crippen molar-refractivity contribution in [2.24, 2.45) is 5.92 Å². The first-order valence-electron chi connectivity index (χ1n) is 11.7. The van der Waals surface area contributed by atoms with Crippen LogP contribution in [-0.4, -0.2) is 52.9 Å². The van der Waals surface area contributed by atoms with Crippen LogP contribution >= 0.6 is 0 Å². The Balaban J connectivity index is 1.36. The second-order valence-electron chi connectivity index (χ2n) is 9.03. The maximum Gasteiger partial charge on any atom is 0.257 e. The minimum absolute atomic E-state index is 0.0646. The lowest BCUT2D eigenvalue weighted by atomic mass is 9.84. The molecule has 172 valence electrons. The number of aromatic nitrogens is 1. The lowest BCUT2D eigenvalue weighted by molar-refractivity contribution is -0.139. The molecule has 7 nitrogen and oxygen atoms in total. The fourth-order valence-electron chi connectivity index (χ4n) is 4.58. The molecular weight excluding hydrogens is 418 g/mol. The molecule has 1 aliphatic heterocycles. The highest BCUT2D eigenvalue weighted by atomic mass is 16.5. The van der Waals surface area contributed by atoms with Gasteiger partial charge in [-0.25, -0.2) is 0 Å². The quantitative estimate of drug-likeness (QED) is 0.588. The van der Waals surface area contributed by atoms with Gasteiger partial charge in [0.05, 0.1) is 16.8 Å². The summed E-state index contributed by atoms with van der Waals surface area (Å²) in [7, 11) is 0. The number of carbonyl (C=O) groups is 2. The summed E-state index contributed by atoms with van der Waals surface area (Å²) in [5.41, 5.74) is 2.22. The van der Waals surface area contributed by atoms with Crippen molar-refractivity contribution in [2.75, 3.05) is 26.2 Å². The topological polar surface area (TPSA) is 75.9 Å². The summed E-state index contributed by atoms with van der Waals surface area (Å²) < 4.78 is 11.4. The van der Waals surface area contributed by atoms with Gasteiger partial charge in [-0.1, -0.05) is 35.8 Å². The van der Waals surface area contributed by atoms with Crippen LogP contribution in [0.3, 0.4) is 0 Å². The van der Waals surface area contributed by atoms with Crippen molar-refractivity contribution in [3.8, 4) is 5.75 Å². The Kier molecular flexibility index (Phi) is 5.79. The highest BCUT2D eigenvalue weighted by Crippen LogP contribution is 2.31. The zero-order valence-corrected chi connectivity index (χ0v) is 19.2. The molecule has 1 aromatic heterocycles. The molecule has 1 aliphatic carbocycles. The van der Waals surface area contributed by atoms with Gasteiger partial charge < -0.3 is 19.1 Å². The molecule has 2 aliphatic rings. The summed E-state index contributed by atoms with van der Waals surface area (Å²) in [6.07, 6.45) is 3.15. The number of fused-ring (bicyclic) bond motifs is 1. The number of hydrogen-bond acceptors (Lipinski definition) is 5. The van der Waals surface area contributed by atoms with Gasteiger partial charge in [0, 0.05) is 32.1 Å². The van der Waals surface area contributed by atoms with E-state index >= 15 is 0 Å². The molecule has 2 heterocycles. The molecule has 2 amide bonds. The average molecular weight is 448 g/mol. The molecule has 1 saturated heterocycles. The zero-order valence-electron chi connectivity index (χ0n) is 19.2. The molecule has 5 rings (SSSR count). The van der Waals surface area contributed by atoms with Crippen LogP contribution < -0.4 is 4.74 Å². The molecule has 0 spiro atoms. The van der Waals surface area contributed by atoms with Gasteiger partial charge in [-0.3, -0.25) is 9.59 Å². The van der Waals surface area contributed by atoms with Crippen molar-refractivity contribution >= 4 is 22.6 Å². The van der Waals surface area contributed by atoms with Crippen molar-refractivity contribution < 1.29 is 18.8 Å². The molecule has 33 heavy (non-hydrogen) atoms. The Morgan fingerprint density at radius 2 is 1.70 bits per heavy atom. The third-order valence-electron chi connectivity index (χ3n) is 6.96. The largest absolute Gasteiger partial charge is 0.488 e. The molecule has 2 aromatic carbocycles. The summed E-state index contributed by atoms with van der Waals surface area (Å²) in [4.78, 5) is 29.9. The predicted molar refractivity (Wildman–Crippen MR) is 124 cm³/mol. The summed E-state index contributed by atoms with van der Waals surface area (Å²) >= 11 is 0. The molecule has 0 N–H and O–H groups in total. The molecule has 3 aromatic rings. The van der Waals surface area contributed by atoms with Gasteiger partial charge in [0.2, 0.25) is 5.91 Å². The standard InChI is InChI=1S/C26H29N3O4/c1-17-23(18(2)33-27-17)16-32-24-15-21-7-4-3-6-20(21)14-22(24)26(31)29-12-10-28(11-13-29)25(30)19-8-5-9-19/h3-4,6-7,14-15,19H,5,8-13,16H2,1-2H3. The van der Waals surface area contributed by atoms with Crippen molar-refractivity contribution in [1.82, 2.24) is 15.0 Å².